The van der Waals surface area contributed by atoms with E-state index in [0.717, 1.165) is 12.8 Å². The van der Waals surface area contributed by atoms with Gasteiger partial charge in [0.25, 0.3) is 5.91 Å². The summed E-state index contributed by atoms with van der Waals surface area (Å²) in [5, 5.41) is 16.6. The van der Waals surface area contributed by atoms with Crippen LogP contribution in [-0.2, 0) is 28.2 Å². The van der Waals surface area contributed by atoms with E-state index < -0.39 is 50.5 Å². The van der Waals surface area contributed by atoms with Crippen LogP contribution in [0.25, 0.3) is 0 Å². The Kier molecular flexibility index (Phi) is 8.91. The Bertz CT molecular complexity index is 665. The van der Waals surface area contributed by atoms with Crippen molar-refractivity contribution >= 4 is 20.1 Å². The first-order valence-electron chi connectivity index (χ1n) is 11.5. The number of methoxy groups -OCH3 is 1. The molecule has 10 heteroatoms. The molecule has 0 aromatic rings. The smallest absolute Gasteiger partial charge is 0.252 e. The van der Waals surface area contributed by atoms with Gasteiger partial charge in [0.05, 0.1) is 6.61 Å². The van der Waals surface area contributed by atoms with Gasteiger partial charge in [0.2, 0.25) is 5.91 Å². The Morgan fingerprint density at radius 3 is 2.56 bits per heavy atom. The van der Waals surface area contributed by atoms with Gasteiger partial charge in [0.15, 0.2) is 20.2 Å². The second-order valence-electron chi connectivity index (χ2n) is 10.7. The summed E-state index contributed by atoms with van der Waals surface area (Å²) in [7, 11) is -0.705. The Labute approximate surface area is 193 Å². The topological polar surface area (TPSA) is 115 Å². The van der Waals surface area contributed by atoms with E-state index in [2.05, 4.69) is 44.5 Å². The number of aliphatic hydroxyl groups is 1. The molecule has 2 aliphatic heterocycles. The summed E-state index contributed by atoms with van der Waals surface area (Å²) >= 11 is 0. The van der Waals surface area contributed by atoms with Crippen molar-refractivity contribution in [3.05, 3.63) is 0 Å². The zero-order valence-electron chi connectivity index (χ0n) is 20.8. The minimum Gasteiger partial charge on any atom is -0.414 e. The molecule has 0 bridgehead atoms. The van der Waals surface area contributed by atoms with E-state index in [4.69, 9.17) is 18.6 Å². The van der Waals surface area contributed by atoms with Gasteiger partial charge in [-0.1, -0.05) is 20.8 Å². The van der Waals surface area contributed by atoms with Crippen molar-refractivity contribution in [3.8, 4) is 0 Å². The Morgan fingerprint density at radius 1 is 1.31 bits per heavy atom. The number of rotatable bonds is 8. The van der Waals surface area contributed by atoms with Crippen LogP contribution >= 0.6 is 0 Å². The van der Waals surface area contributed by atoms with E-state index in [-0.39, 0.29) is 17.6 Å². The molecule has 2 saturated heterocycles. The molecule has 186 valence electrons. The van der Waals surface area contributed by atoms with E-state index in [9.17, 15) is 14.7 Å². The summed E-state index contributed by atoms with van der Waals surface area (Å²) in [5.41, 5.74) is 0. The van der Waals surface area contributed by atoms with Crippen LogP contribution < -0.4 is 10.6 Å². The van der Waals surface area contributed by atoms with Crippen LogP contribution in [0.15, 0.2) is 0 Å². The number of carbonyl (C=O) groups excluding carboxylic acids is 2. The van der Waals surface area contributed by atoms with Crippen molar-refractivity contribution in [2.45, 2.75) is 108 Å². The molecule has 9 nitrogen and oxygen atoms in total. The number of carbonyl (C=O) groups is 2. The molecule has 2 aliphatic rings. The monoisotopic (exact) mass is 474 g/mol. The molecule has 2 heterocycles. The molecule has 0 unspecified atom stereocenters. The zero-order valence-corrected chi connectivity index (χ0v) is 21.8. The molecule has 2 rings (SSSR count). The van der Waals surface area contributed by atoms with Crippen LogP contribution in [0.1, 0.15) is 53.9 Å². The van der Waals surface area contributed by atoms with Gasteiger partial charge in [-0.05, 0) is 51.2 Å². The van der Waals surface area contributed by atoms with Gasteiger partial charge in [-0.15, -0.1) is 0 Å². The number of hydrogen-bond donors (Lipinski definition) is 3. The highest BCUT2D eigenvalue weighted by Crippen LogP contribution is 2.38. The largest absolute Gasteiger partial charge is 0.414 e. The molecule has 0 saturated carbocycles. The summed E-state index contributed by atoms with van der Waals surface area (Å²) in [6.45, 7) is 15.1. The number of hydrogen-bond acceptors (Lipinski definition) is 7. The highest BCUT2D eigenvalue weighted by atomic mass is 28.4. The summed E-state index contributed by atoms with van der Waals surface area (Å²) in [6, 6.07) is -0.648. The highest BCUT2D eigenvalue weighted by Gasteiger charge is 2.50. The lowest BCUT2D eigenvalue weighted by molar-refractivity contribution is -0.170. The van der Waals surface area contributed by atoms with Gasteiger partial charge in [0.1, 0.15) is 24.4 Å². The summed E-state index contributed by atoms with van der Waals surface area (Å²) in [5.74, 6) is -1.72. The quantitative estimate of drug-likeness (QED) is 0.459. The highest BCUT2D eigenvalue weighted by molar-refractivity contribution is 6.74. The zero-order chi connectivity index (χ0) is 24.3. The van der Waals surface area contributed by atoms with Crippen LogP contribution in [-0.4, -0.2) is 81.7 Å². The predicted octanol–water partition coefficient (Wildman–Crippen LogP) is 1.69. The fourth-order valence-corrected chi connectivity index (χ4v) is 4.71. The van der Waals surface area contributed by atoms with E-state index in [1.165, 1.54) is 7.11 Å². The van der Waals surface area contributed by atoms with Crippen molar-refractivity contribution in [2.24, 2.45) is 0 Å². The summed E-state index contributed by atoms with van der Waals surface area (Å²) < 4.78 is 23.6. The maximum Gasteiger partial charge on any atom is 0.252 e. The van der Waals surface area contributed by atoms with Crippen molar-refractivity contribution in [1.29, 1.82) is 0 Å². The Balaban J connectivity index is 2.10. The van der Waals surface area contributed by atoms with Gasteiger partial charge in [-0.25, -0.2) is 0 Å². The van der Waals surface area contributed by atoms with Gasteiger partial charge >= 0.3 is 0 Å². The summed E-state index contributed by atoms with van der Waals surface area (Å²) in [6.07, 6.45) is -1.68. The van der Waals surface area contributed by atoms with Crippen LogP contribution in [0, 0.1) is 0 Å². The molecule has 0 aliphatic carbocycles. The lowest BCUT2D eigenvalue weighted by atomic mass is 10.0. The molecule has 0 aromatic carbocycles. The molecule has 2 fully saturated rings. The third-order valence-corrected chi connectivity index (χ3v) is 11.1. The number of nitrogens with one attached hydrogen (secondary N) is 2. The maximum absolute atomic E-state index is 12.9. The van der Waals surface area contributed by atoms with Crippen molar-refractivity contribution in [2.75, 3.05) is 20.3 Å². The minimum atomic E-state index is -2.05. The van der Waals surface area contributed by atoms with Crippen LogP contribution in [0.5, 0.6) is 0 Å². The van der Waals surface area contributed by atoms with Crippen LogP contribution in [0.2, 0.25) is 18.1 Å². The molecular weight excluding hydrogens is 432 g/mol. The fraction of sp³-hybridized carbons (Fsp3) is 0.909. The molecule has 0 aromatic heterocycles. The number of aliphatic hydroxyl groups excluding tert-OH is 1. The molecule has 0 spiro atoms. The first kappa shape index (κ1) is 27.2. The minimum absolute atomic E-state index is 0.0182. The second kappa shape index (κ2) is 10.5. The standard InChI is InChI=1S/C22H42N2O7Si/c1-21(2,3)32(7,8)29-13-15-17(31-22(4,5)30-15)16(25)18(28-6)20(27)24-14-11-9-10-12-23-19(14)26/h14-18,25H,9-13H2,1-8H3,(H,23,26)(H,24,27)/t14-,15+,16+,17-,18-/m0/s1. The molecule has 3 N–H and O–H groups in total. The van der Waals surface area contributed by atoms with Crippen molar-refractivity contribution in [3.63, 3.8) is 0 Å². The van der Waals surface area contributed by atoms with Crippen LogP contribution in [0.3, 0.4) is 0 Å². The average Bonchev–Trinajstić information content (AvgIpc) is 2.85. The number of amides is 2. The molecule has 2 amide bonds. The maximum atomic E-state index is 12.9. The van der Waals surface area contributed by atoms with Gasteiger partial charge in [-0.2, -0.15) is 0 Å². The normalized spacial score (nSPS) is 28.5. The second-order valence-corrected chi connectivity index (χ2v) is 15.5. The lowest BCUT2D eigenvalue weighted by Gasteiger charge is -2.37. The van der Waals surface area contributed by atoms with E-state index in [1.807, 2.05) is 0 Å². The van der Waals surface area contributed by atoms with E-state index in [1.54, 1.807) is 13.8 Å². The Morgan fingerprint density at radius 2 is 1.97 bits per heavy atom. The molecule has 5 atom stereocenters. The lowest BCUT2D eigenvalue weighted by Crippen LogP contribution is -2.56. The third-order valence-electron chi connectivity index (χ3n) is 6.65. The average molecular weight is 475 g/mol. The van der Waals surface area contributed by atoms with E-state index >= 15 is 0 Å². The van der Waals surface area contributed by atoms with Gasteiger partial charge < -0.3 is 34.4 Å². The predicted molar refractivity (Wildman–Crippen MR) is 123 cm³/mol. The SMILES string of the molecule is CO[C@H](C(=O)N[C@H]1CCCCNC1=O)[C@H](O)[C@H]1OC(C)(C)O[C@@H]1CO[Si](C)(C)C(C)(C)C. The number of ether oxygens (including phenoxy) is 3. The van der Waals surface area contributed by atoms with Gasteiger partial charge in [-0.3, -0.25) is 9.59 Å². The van der Waals surface area contributed by atoms with E-state index in [0.29, 0.717) is 13.0 Å². The fourth-order valence-electron chi connectivity index (χ4n) is 3.69. The third kappa shape index (κ3) is 6.74. The van der Waals surface area contributed by atoms with Crippen molar-refractivity contribution in [1.82, 2.24) is 10.6 Å². The Hall–Kier alpha value is -1.04. The van der Waals surface area contributed by atoms with Crippen LogP contribution in [0.4, 0.5) is 0 Å². The molecular formula is C22H42N2O7Si. The van der Waals surface area contributed by atoms with Crippen molar-refractivity contribution < 1.29 is 33.3 Å². The molecule has 0 radical (unpaired) electrons. The van der Waals surface area contributed by atoms with Gasteiger partial charge in [0, 0.05) is 13.7 Å². The first-order valence-corrected chi connectivity index (χ1v) is 14.4. The summed E-state index contributed by atoms with van der Waals surface area (Å²) in [4.78, 5) is 25.1. The molecule has 32 heavy (non-hydrogen) atoms. The first-order chi connectivity index (χ1) is 14.7.